The van der Waals surface area contributed by atoms with Gasteiger partial charge in [0.15, 0.2) is 0 Å². The highest BCUT2D eigenvalue weighted by molar-refractivity contribution is 5.17. The smallest absolute Gasteiger partial charge is 0.0970 e. The van der Waals surface area contributed by atoms with Gasteiger partial charge in [-0.3, -0.25) is 0 Å². The maximum Gasteiger partial charge on any atom is 0.0970 e. The van der Waals surface area contributed by atoms with Crippen LogP contribution in [0.4, 0.5) is 0 Å². The van der Waals surface area contributed by atoms with E-state index in [1.165, 1.54) is 0 Å². The molecule has 1 rings (SSSR count). The summed E-state index contributed by atoms with van der Waals surface area (Å²) >= 11 is 0. The first-order valence-electron chi connectivity index (χ1n) is 4.94. The summed E-state index contributed by atoms with van der Waals surface area (Å²) in [7, 11) is 0. The molecule has 3 heteroatoms. The van der Waals surface area contributed by atoms with Crippen LogP contribution in [0.25, 0.3) is 0 Å². The van der Waals surface area contributed by atoms with Gasteiger partial charge < -0.3 is 15.3 Å². The lowest BCUT2D eigenvalue weighted by molar-refractivity contribution is -0.0289. The number of hydrogen-bond acceptors (Lipinski definition) is 3. The summed E-state index contributed by atoms with van der Waals surface area (Å²) in [6, 6.07) is 0. The molecule has 0 aromatic heterocycles. The molecule has 0 saturated heterocycles. The van der Waals surface area contributed by atoms with Crippen LogP contribution in [0.1, 0.15) is 20.3 Å². The van der Waals surface area contributed by atoms with E-state index < -0.39 is 17.6 Å². The SMILES string of the molecule is C#C[C@@]1(C(C)C)C[C@H](CO)[C@@H](O)[C@H]1O. The van der Waals surface area contributed by atoms with Crippen molar-refractivity contribution in [2.24, 2.45) is 17.3 Å². The van der Waals surface area contributed by atoms with Crippen molar-refractivity contribution >= 4 is 0 Å². The van der Waals surface area contributed by atoms with E-state index >= 15 is 0 Å². The second kappa shape index (κ2) is 3.90. The fraction of sp³-hybridized carbons (Fsp3) is 0.818. The first kappa shape index (κ1) is 11.5. The topological polar surface area (TPSA) is 60.7 Å². The highest BCUT2D eigenvalue weighted by Crippen LogP contribution is 2.46. The molecule has 0 amide bonds. The third-order valence-electron chi connectivity index (χ3n) is 3.47. The average molecular weight is 198 g/mol. The second-order valence-electron chi connectivity index (χ2n) is 4.42. The van der Waals surface area contributed by atoms with Gasteiger partial charge >= 0.3 is 0 Å². The van der Waals surface area contributed by atoms with Gasteiger partial charge in [0, 0.05) is 12.5 Å². The van der Waals surface area contributed by atoms with Crippen LogP contribution in [0, 0.1) is 29.6 Å². The Labute approximate surface area is 84.8 Å². The molecule has 0 bridgehead atoms. The number of aliphatic hydroxyl groups is 3. The van der Waals surface area contributed by atoms with Gasteiger partial charge in [-0.05, 0) is 12.3 Å². The van der Waals surface area contributed by atoms with E-state index in [-0.39, 0.29) is 18.4 Å². The minimum absolute atomic E-state index is 0.0914. The van der Waals surface area contributed by atoms with Gasteiger partial charge in [-0.15, -0.1) is 6.42 Å². The molecule has 3 N–H and O–H groups in total. The van der Waals surface area contributed by atoms with E-state index in [0.29, 0.717) is 6.42 Å². The van der Waals surface area contributed by atoms with Crippen LogP contribution < -0.4 is 0 Å². The number of rotatable bonds is 2. The zero-order valence-corrected chi connectivity index (χ0v) is 8.64. The minimum Gasteiger partial charge on any atom is -0.396 e. The lowest BCUT2D eigenvalue weighted by atomic mass is 9.74. The Bertz CT molecular complexity index is 243. The Kier molecular flexibility index (Phi) is 3.20. The average Bonchev–Trinajstić information content (AvgIpc) is 2.42. The summed E-state index contributed by atoms with van der Waals surface area (Å²) in [5.41, 5.74) is -0.688. The van der Waals surface area contributed by atoms with E-state index in [2.05, 4.69) is 5.92 Å². The maximum absolute atomic E-state index is 9.88. The second-order valence-corrected chi connectivity index (χ2v) is 4.42. The van der Waals surface area contributed by atoms with Crippen LogP contribution in [-0.2, 0) is 0 Å². The molecule has 80 valence electrons. The molecule has 3 nitrogen and oxygen atoms in total. The Balaban J connectivity index is 2.97. The predicted molar refractivity (Wildman–Crippen MR) is 53.3 cm³/mol. The van der Waals surface area contributed by atoms with Crippen LogP contribution in [0.5, 0.6) is 0 Å². The van der Waals surface area contributed by atoms with Gasteiger partial charge in [0.05, 0.1) is 17.6 Å². The summed E-state index contributed by atoms with van der Waals surface area (Å²) in [6.07, 6.45) is 4.09. The maximum atomic E-state index is 9.88. The molecule has 1 aliphatic rings. The van der Waals surface area contributed by atoms with Gasteiger partial charge in [0.25, 0.3) is 0 Å². The third-order valence-corrected chi connectivity index (χ3v) is 3.47. The van der Waals surface area contributed by atoms with Gasteiger partial charge in [-0.25, -0.2) is 0 Å². The molecule has 0 spiro atoms. The van der Waals surface area contributed by atoms with Crippen LogP contribution in [0.2, 0.25) is 0 Å². The predicted octanol–water partition coefficient (Wildman–Crippen LogP) is -0.00400. The number of aliphatic hydroxyl groups excluding tert-OH is 3. The largest absolute Gasteiger partial charge is 0.396 e. The molecule has 0 aromatic rings. The monoisotopic (exact) mass is 198 g/mol. The van der Waals surface area contributed by atoms with Crippen LogP contribution >= 0.6 is 0 Å². The lowest BCUT2D eigenvalue weighted by Crippen LogP contribution is -2.39. The molecule has 0 aromatic carbocycles. The van der Waals surface area contributed by atoms with Gasteiger partial charge in [-0.2, -0.15) is 0 Å². The fourth-order valence-corrected chi connectivity index (χ4v) is 2.30. The van der Waals surface area contributed by atoms with E-state index in [4.69, 9.17) is 11.5 Å². The Morgan fingerprint density at radius 1 is 1.50 bits per heavy atom. The summed E-state index contributed by atoms with van der Waals surface area (Å²) in [4.78, 5) is 0. The van der Waals surface area contributed by atoms with E-state index in [1.807, 2.05) is 13.8 Å². The first-order chi connectivity index (χ1) is 6.49. The van der Waals surface area contributed by atoms with Crippen molar-refractivity contribution < 1.29 is 15.3 Å². The molecule has 0 radical (unpaired) electrons. The van der Waals surface area contributed by atoms with Gasteiger partial charge in [0.2, 0.25) is 0 Å². The Morgan fingerprint density at radius 3 is 2.29 bits per heavy atom. The standard InChI is InChI=1S/C11H18O3/c1-4-11(7(2)3)5-8(6-12)9(13)10(11)14/h1,7-10,12-14H,5-6H2,2-3H3/t8-,9-,10-,11+/m1/s1. The third kappa shape index (κ3) is 1.44. The minimum atomic E-state index is -0.926. The molecular weight excluding hydrogens is 180 g/mol. The highest BCUT2D eigenvalue weighted by Gasteiger charge is 2.52. The number of hydrogen-bond donors (Lipinski definition) is 3. The number of terminal acetylenes is 1. The molecule has 0 heterocycles. The van der Waals surface area contributed by atoms with Crippen molar-refractivity contribution in [3.63, 3.8) is 0 Å². The zero-order valence-electron chi connectivity index (χ0n) is 8.64. The molecule has 1 saturated carbocycles. The van der Waals surface area contributed by atoms with Crippen LogP contribution in [0.15, 0.2) is 0 Å². The highest BCUT2D eigenvalue weighted by atomic mass is 16.3. The molecule has 14 heavy (non-hydrogen) atoms. The normalized spacial score (nSPS) is 42.8. The van der Waals surface area contributed by atoms with Gasteiger partial charge in [0.1, 0.15) is 0 Å². The van der Waals surface area contributed by atoms with Crippen molar-refractivity contribution in [3.8, 4) is 12.3 Å². The van der Waals surface area contributed by atoms with Gasteiger partial charge in [-0.1, -0.05) is 19.8 Å². The molecular formula is C11H18O3. The first-order valence-corrected chi connectivity index (χ1v) is 4.94. The van der Waals surface area contributed by atoms with Crippen LogP contribution in [0.3, 0.4) is 0 Å². The van der Waals surface area contributed by atoms with Crippen molar-refractivity contribution in [1.29, 1.82) is 0 Å². The Hall–Kier alpha value is -0.560. The van der Waals surface area contributed by atoms with E-state index in [1.54, 1.807) is 0 Å². The summed E-state index contributed by atoms with van der Waals surface area (Å²) in [5, 5.41) is 28.6. The molecule has 4 atom stereocenters. The van der Waals surface area contributed by atoms with Crippen molar-refractivity contribution in [2.45, 2.75) is 32.5 Å². The molecule has 1 aliphatic carbocycles. The lowest BCUT2D eigenvalue weighted by Gasteiger charge is -2.31. The van der Waals surface area contributed by atoms with Crippen LogP contribution in [-0.4, -0.2) is 34.1 Å². The molecule has 0 unspecified atom stereocenters. The van der Waals surface area contributed by atoms with E-state index in [9.17, 15) is 10.2 Å². The zero-order chi connectivity index (χ0) is 10.9. The summed E-state index contributed by atoms with van der Waals surface area (Å²) in [6.45, 7) is 3.72. The summed E-state index contributed by atoms with van der Waals surface area (Å²) in [5.74, 6) is 2.39. The van der Waals surface area contributed by atoms with Crippen molar-refractivity contribution in [2.75, 3.05) is 6.61 Å². The fourth-order valence-electron chi connectivity index (χ4n) is 2.30. The molecule has 0 aliphatic heterocycles. The Morgan fingerprint density at radius 2 is 2.07 bits per heavy atom. The van der Waals surface area contributed by atoms with E-state index in [0.717, 1.165) is 0 Å². The molecule has 1 fully saturated rings. The van der Waals surface area contributed by atoms with Crippen molar-refractivity contribution in [3.05, 3.63) is 0 Å². The quantitative estimate of drug-likeness (QED) is 0.547. The summed E-state index contributed by atoms with van der Waals surface area (Å²) < 4.78 is 0. The van der Waals surface area contributed by atoms with Crippen molar-refractivity contribution in [1.82, 2.24) is 0 Å².